The van der Waals surface area contributed by atoms with Gasteiger partial charge in [-0.2, -0.15) is 0 Å². The highest BCUT2D eigenvalue weighted by molar-refractivity contribution is 5.85. The molecule has 6 nitrogen and oxygen atoms in total. The van der Waals surface area contributed by atoms with Crippen LogP contribution >= 0.6 is 0 Å². The van der Waals surface area contributed by atoms with Crippen LogP contribution in [0.25, 0.3) is 0 Å². The van der Waals surface area contributed by atoms with E-state index >= 15 is 0 Å². The van der Waals surface area contributed by atoms with Crippen molar-refractivity contribution < 1.29 is 14.6 Å². The minimum Gasteiger partial charge on any atom is -0.481 e. The summed E-state index contributed by atoms with van der Waals surface area (Å²) in [5, 5.41) is 9.46. The van der Waals surface area contributed by atoms with Crippen molar-refractivity contribution in [3.63, 3.8) is 0 Å². The number of aromatic nitrogens is 1. The molecule has 0 unspecified atom stereocenters. The monoisotopic (exact) mass is 333 g/mol. The van der Waals surface area contributed by atoms with Gasteiger partial charge in [-0.1, -0.05) is 13.8 Å². The molecule has 3 rings (SSSR count). The molecule has 2 heterocycles. The zero-order chi connectivity index (χ0) is 17.3. The van der Waals surface area contributed by atoms with Gasteiger partial charge in [0.1, 0.15) is 0 Å². The Kier molecular flexibility index (Phi) is 4.67. The van der Waals surface area contributed by atoms with Gasteiger partial charge in [-0.05, 0) is 43.2 Å². The Bertz CT molecular complexity index is 608. The number of carbonyl (C=O) groups is 1. The Morgan fingerprint density at radius 1 is 1.46 bits per heavy atom. The maximum Gasteiger partial charge on any atom is 0.314 e. The van der Waals surface area contributed by atoms with Crippen molar-refractivity contribution in [2.45, 2.75) is 51.0 Å². The molecule has 1 saturated carbocycles. The number of hydrogen-bond donors (Lipinski definition) is 2. The number of nitrogen functional groups attached to an aromatic ring is 1. The first kappa shape index (κ1) is 17.0. The van der Waals surface area contributed by atoms with Gasteiger partial charge in [0.2, 0.25) is 0 Å². The van der Waals surface area contributed by atoms with Crippen LogP contribution in [0.4, 0.5) is 11.5 Å². The van der Waals surface area contributed by atoms with E-state index in [9.17, 15) is 9.90 Å². The number of aliphatic carboxylic acids is 1. The molecule has 0 radical (unpaired) electrons. The number of nitrogens with two attached hydrogens (primary N) is 1. The highest BCUT2D eigenvalue weighted by atomic mass is 16.5. The highest BCUT2D eigenvalue weighted by Gasteiger charge is 2.52. The lowest BCUT2D eigenvalue weighted by atomic mass is 9.97. The molecule has 1 aromatic rings. The van der Waals surface area contributed by atoms with Gasteiger partial charge in [-0.3, -0.25) is 4.79 Å². The van der Waals surface area contributed by atoms with Crippen LogP contribution in [0, 0.1) is 5.92 Å². The number of carboxylic acids is 1. The molecule has 2 fully saturated rings. The lowest BCUT2D eigenvalue weighted by Gasteiger charge is -2.37. The summed E-state index contributed by atoms with van der Waals surface area (Å²) in [6, 6.07) is 2.19. The number of hydrogen-bond acceptors (Lipinski definition) is 5. The average molecular weight is 333 g/mol. The molecule has 0 spiro atoms. The summed E-state index contributed by atoms with van der Waals surface area (Å²) in [4.78, 5) is 18.4. The summed E-state index contributed by atoms with van der Waals surface area (Å²) < 4.78 is 5.48. The van der Waals surface area contributed by atoms with Crippen molar-refractivity contribution in [3.8, 4) is 0 Å². The second-order valence-electron chi connectivity index (χ2n) is 7.41. The number of nitrogens with zero attached hydrogens (tertiary/aromatic N) is 2. The SMILES string of the molecule is CC(C)CN(c1ncc(C2(C(=O)O)CC2)cc1N)C1CCOCC1. The van der Waals surface area contributed by atoms with Gasteiger partial charge in [0.05, 0.1) is 11.1 Å². The van der Waals surface area contributed by atoms with Crippen molar-refractivity contribution in [1.82, 2.24) is 4.98 Å². The predicted octanol–water partition coefficient (Wildman–Crippen LogP) is 2.42. The second-order valence-corrected chi connectivity index (χ2v) is 7.41. The molecule has 24 heavy (non-hydrogen) atoms. The minimum atomic E-state index is -0.778. The fourth-order valence-electron chi connectivity index (χ4n) is 3.53. The van der Waals surface area contributed by atoms with Crippen LogP contribution < -0.4 is 10.6 Å². The molecule has 6 heteroatoms. The van der Waals surface area contributed by atoms with Crippen molar-refractivity contribution in [2.24, 2.45) is 5.92 Å². The molecule has 1 aromatic heterocycles. The zero-order valence-corrected chi connectivity index (χ0v) is 14.5. The molecule has 3 N–H and O–H groups in total. The van der Waals surface area contributed by atoms with Gasteiger partial charge in [0.25, 0.3) is 0 Å². The van der Waals surface area contributed by atoms with E-state index in [2.05, 4.69) is 23.7 Å². The number of pyridine rings is 1. The average Bonchev–Trinajstić information content (AvgIpc) is 3.35. The van der Waals surface area contributed by atoms with Crippen LogP contribution in [-0.2, 0) is 14.9 Å². The Morgan fingerprint density at radius 3 is 2.62 bits per heavy atom. The van der Waals surface area contributed by atoms with Gasteiger partial charge in [0, 0.05) is 32.0 Å². The summed E-state index contributed by atoms with van der Waals surface area (Å²) >= 11 is 0. The van der Waals surface area contributed by atoms with Gasteiger partial charge >= 0.3 is 5.97 Å². The molecule has 0 bridgehead atoms. The lowest BCUT2D eigenvalue weighted by molar-refractivity contribution is -0.140. The third-order valence-corrected chi connectivity index (χ3v) is 5.07. The Morgan fingerprint density at radius 2 is 2.12 bits per heavy atom. The van der Waals surface area contributed by atoms with Crippen molar-refractivity contribution in [3.05, 3.63) is 17.8 Å². The summed E-state index contributed by atoms with van der Waals surface area (Å²) in [5.74, 6) is 0.489. The topological polar surface area (TPSA) is 88.7 Å². The predicted molar refractivity (Wildman–Crippen MR) is 93.2 cm³/mol. The van der Waals surface area contributed by atoms with E-state index in [1.54, 1.807) is 6.20 Å². The number of rotatable bonds is 6. The third-order valence-electron chi connectivity index (χ3n) is 5.07. The number of anilines is 2. The standard InChI is InChI=1S/C18H27N3O3/c1-12(2)11-21(14-3-7-24-8-4-14)16-15(19)9-13(10-20-16)18(5-6-18)17(22)23/h9-10,12,14H,3-8,11,19H2,1-2H3,(H,22,23). The number of ether oxygens (including phenoxy) is 1. The molecule has 0 amide bonds. The fraction of sp³-hybridized carbons (Fsp3) is 0.667. The first-order valence-electron chi connectivity index (χ1n) is 8.78. The smallest absolute Gasteiger partial charge is 0.314 e. The van der Waals surface area contributed by atoms with E-state index in [0.29, 0.717) is 30.5 Å². The van der Waals surface area contributed by atoms with Gasteiger partial charge in [0.15, 0.2) is 5.82 Å². The maximum atomic E-state index is 11.5. The molecule has 2 aliphatic rings. The van der Waals surface area contributed by atoms with E-state index in [4.69, 9.17) is 10.5 Å². The Hall–Kier alpha value is -1.82. The first-order chi connectivity index (χ1) is 11.4. The van der Waals surface area contributed by atoms with E-state index in [0.717, 1.165) is 44.0 Å². The van der Waals surface area contributed by atoms with Crippen LogP contribution in [0.5, 0.6) is 0 Å². The van der Waals surface area contributed by atoms with Gasteiger partial charge < -0.3 is 20.5 Å². The summed E-state index contributed by atoms with van der Waals surface area (Å²) in [6.07, 6.45) is 4.97. The molecule has 1 saturated heterocycles. The molecule has 0 atom stereocenters. The van der Waals surface area contributed by atoms with Crippen molar-refractivity contribution in [1.29, 1.82) is 0 Å². The maximum absolute atomic E-state index is 11.5. The Balaban J connectivity index is 1.88. The largest absolute Gasteiger partial charge is 0.481 e. The molecular weight excluding hydrogens is 306 g/mol. The molecular formula is C18H27N3O3. The lowest BCUT2D eigenvalue weighted by Crippen LogP contribution is -2.42. The summed E-state index contributed by atoms with van der Waals surface area (Å²) in [5.41, 5.74) is 6.84. The first-order valence-corrected chi connectivity index (χ1v) is 8.78. The zero-order valence-electron chi connectivity index (χ0n) is 14.5. The van der Waals surface area contributed by atoms with Crippen LogP contribution in [0.15, 0.2) is 12.3 Å². The van der Waals surface area contributed by atoms with Crippen LogP contribution in [-0.4, -0.2) is 41.9 Å². The van der Waals surface area contributed by atoms with E-state index in [-0.39, 0.29) is 0 Å². The van der Waals surface area contributed by atoms with Crippen molar-refractivity contribution >= 4 is 17.5 Å². The number of carboxylic acid groups (broad SMARTS) is 1. The summed E-state index contributed by atoms with van der Waals surface area (Å²) in [7, 11) is 0. The van der Waals surface area contributed by atoms with Crippen molar-refractivity contribution in [2.75, 3.05) is 30.4 Å². The highest BCUT2D eigenvalue weighted by Crippen LogP contribution is 2.49. The molecule has 132 valence electrons. The minimum absolute atomic E-state index is 0.371. The third kappa shape index (κ3) is 3.20. The molecule has 1 aliphatic carbocycles. The van der Waals surface area contributed by atoms with E-state index in [1.807, 2.05) is 6.07 Å². The fourth-order valence-corrected chi connectivity index (χ4v) is 3.53. The summed E-state index contributed by atoms with van der Waals surface area (Å²) in [6.45, 7) is 6.77. The van der Waals surface area contributed by atoms with Crippen LogP contribution in [0.3, 0.4) is 0 Å². The molecule has 0 aromatic carbocycles. The quantitative estimate of drug-likeness (QED) is 0.831. The van der Waals surface area contributed by atoms with Gasteiger partial charge in [-0.15, -0.1) is 0 Å². The van der Waals surface area contributed by atoms with Crippen LogP contribution in [0.2, 0.25) is 0 Å². The second kappa shape index (κ2) is 6.59. The van der Waals surface area contributed by atoms with Gasteiger partial charge in [-0.25, -0.2) is 4.98 Å². The Labute approximate surface area is 143 Å². The molecule has 1 aliphatic heterocycles. The van der Waals surface area contributed by atoms with E-state index < -0.39 is 11.4 Å². The van der Waals surface area contributed by atoms with E-state index in [1.165, 1.54) is 0 Å². The normalized spacial score (nSPS) is 20.1. The van der Waals surface area contributed by atoms with Crippen LogP contribution in [0.1, 0.15) is 45.1 Å².